The number of hydrogen-bond donors (Lipinski definition) is 2. The van der Waals surface area contributed by atoms with Gasteiger partial charge in [-0.2, -0.15) is 0 Å². The number of nitrogens with zero attached hydrogens (tertiary/aromatic N) is 5. The second kappa shape index (κ2) is 26.7. The van der Waals surface area contributed by atoms with E-state index in [4.69, 9.17) is 0 Å². The standard InChI is InChI=1S/C38H28N2.C21H17NO2.C15H13NO2.C14H13N/c1-3-15-27(16-4-1)39-33-23-11-7-19-29(33)37(30-20-8-12-24-34(30)39)38-31-21-9-13-25-35(31)40(28-17-5-2-6-18-28)36-26-14-10-22-32(36)38;23-21(24)20-16-10-4-6-12-18(16)22(14-15-8-2-1-3-9-15)19-13-7-5-11-17(19)20;1-16-12-8-4-2-6-10(12)14(15(17)18)11-7-3-5-9-13(11)16;1-15-13-8-4-2-6-11(13)10-12-7-3-5-9-14(12)15/h1-26,37-38H;1-13,20H,14H2,(H,23,24);2-9,14H,1H3,(H,17,18);2-9H,10H2,1H3. The van der Waals surface area contributed by atoms with Crippen LogP contribution in [0.4, 0.5) is 68.2 Å². The molecule has 13 aromatic carbocycles. The Morgan fingerprint density at radius 1 is 0.289 bits per heavy atom. The number of hydrogen-bond acceptors (Lipinski definition) is 7. The average Bonchev–Trinajstić information content (AvgIpc) is 0.704. The SMILES string of the molecule is CN1c2ccccc2C(C(=O)O)c2ccccc21.CN1c2ccccc2Cc2ccccc21.O=C(O)C1c2ccccc2N(Cc2ccccc2)c2ccccc21.c1ccc(N2c3ccccc3C(C3c4ccccc4N(c4ccccc4)c4ccccc43)c3ccccc32)cc1. The quantitative estimate of drug-likeness (QED) is 0.162. The summed E-state index contributed by atoms with van der Waals surface area (Å²) in [6.07, 6.45) is 1.05. The lowest BCUT2D eigenvalue weighted by Crippen LogP contribution is -2.29. The Hall–Kier alpha value is -12.2. The summed E-state index contributed by atoms with van der Waals surface area (Å²) in [5.41, 5.74) is 26.7. The van der Waals surface area contributed by atoms with Crippen LogP contribution in [0, 0.1) is 0 Å². The van der Waals surface area contributed by atoms with Crippen molar-refractivity contribution in [3.05, 3.63) is 395 Å². The Morgan fingerprint density at radius 3 is 0.876 bits per heavy atom. The molecule has 0 aliphatic carbocycles. The van der Waals surface area contributed by atoms with Gasteiger partial charge in [0.05, 0.1) is 0 Å². The van der Waals surface area contributed by atoms with Gasteiger partial charge in [-0.05, 0) is 146 Å². The van der Waals surface area contributed by atoms with Crippen LogP contribution in [0.2, 0.25) is 0 Å². The van der Waals surface area contributed by atoms with Crippen molar-refractivity contribution >= 4 is 80.2 Å². The molecule has 5 aliphatic heterocycles. The van der Waals surface area contributed by atoms with E-state index in [0.717, 1.165) is 51.4 Å². The Balaban J connectivity index is 0.000000115. The summed E-state index contributed by atoms with van der Waals surface area (Å²) < 4.78 is 0. The van der Waals surface area contributed by atoms with Gasteiger partial charge < -0.3 is 34.7 Å². The number of anilines is 12. The van der Waals surface area contributed by atoms with Gasteiger partial charge in [-0.1, -0.05) is 249 Å². The minimum Gasteiger partial charge on any atom is -0.481 e. The van der Waals surface area contributed by atoms with Gasteiger partial charge in [-0.15, -0.1) is 0 Å². The van der Waals surface area contributed by atoms with Crippen molar-refractivity contribution in [3.63, 3.8) is 0 Å². The Morgan fingerprint density at radius 2 is 0.536 bits per heavy atom. The van der Waals surface area contributed by atoms with Crippen molar-refractivity contribution in [1.29, 1.82) is 0 Å². The van der Waals surface area contributed by atoms with Gasteiger partial charge in [0.2, 0.25) is 0 Å². The number of rotatable bonds is 7. The van der Waals surface area contributed by atoms with Gasteiger partial charge in [0, 0.05) is 107 Å². The first-order valence-corrected chi connectivity index (χ1v) is 33.0. The monoisotopic (exact) mass is 1260 g/mol. The molecule has 0 amide bonds. The van der Waals surface area contributed by atoms with Gasteiger partial charge in [0.15, 0.2) is 0 Å². The number of carboxylic acids is 2. The Bertz CT molecular complexity index is 4650. The molecule has 5 heterocycles. The summed E-state index contributed by atoms with van der Waals surface area (Å²) in [5, 5.41) is 19.3. The van der Waals surface area contributed by atoms with Gasteiger partial charge in [0.25, 0.3) is 0 Å². The molecule has 13 aromatic rings. The molecule has 0 fully saturated rings. The first-order valence-electron chi connectivity index (χ1n) is 33.0. The van der Waals surface area contributed by atoms with E-state index in [1.807, 2.05) is 127 Å². The van der Waals surface area contributed by atoms with Crippen LogP contribution in [0.15, 0.2) is 334 Å². The van der Waals surface area contributed by atoms with Crippen molar-refractivity contribution in [2.45, 2.75) is 36.6 Å². The van der Waals surface area contributed by atoms with Crippen molar-refractivity contribution < 1.29 is 19.8 Å². The summed E-state index contributed by atoms with van der Waals surface area (Å²) >= 11 is 0. The lowest BCUT2D eigenvalue weighted by molar-refractivity contribution is -0.138. The minimum absolute atomic E-state index is 0.160. The molecule has 0 saturated carbocycles. The fourth-order valence-corrected chi connectivity index (χ4v) is 15.2. The molecular weight excluding hydrogens is 1190 g/mol. The topological polar surface area (TPSA) is 90.8 Å². The summed E-state index contributed by atoms with van der Waals surface area (Å²) in [4.78, 5) is 34.9. The summed E-state index contributed by atoms with van der Waals surface area (Å²) in [5.74, 6) is -2.49. The molecule has 0 bridgehead atoms. The third-order valence-corrected chi connectivity index (χ3v) is 19.5. The largest absolute Gasteiger partial charge is 0.481 e. The maximum Gasteiger partial charge on any atom is 0.315 e. The fraction of sp³-hybridized carbons (Fsp3) is 0.0909. The zero-order valence-electron chi connectivity index (χ0n) is 53.9. The molecule has 0 saturated heterocycles. The predicted molar refractivity (Wildman–Crippen MR) is 395 cm³/mol. The molecule has 0 aromatic heterocycles. The molecular formula is C88H71N5O4. The van der Waals surface area contributed by atoms with Crippen molar-refractivity contribution in [2.24, 2.45) is 0 Å². The lowest BCUT2D eigenvalue weighted by atomic mass is 9.69. The molecule has 97 heavy (non-hydrogen) atoms. The number of para-hydroxylation sites is 12. The minimum atomic E-state index is -0.811. The van der Waals surface area contributed by atoms with Crippen molar-refractivity contribution in [1.82, 2.24) is 0 Å². The van der Waals surface area contributed by atoms with Crippen molar-refractivity contribution in [3.8, 4) is 0 Å². The second-order valence-corrected chi connectivity index (χ2v) is 24.9. The third kappa shape index (κ3) is 11.4. The molecule has 9 heteroatoms. The lowest BCUT2D eigenvalue weighted by Gasteiger charge is -2.45. The molecule has 2 N–H and O–H groups in total. The van der Waals surface area contributed by atoms with Gasteiger partial charge in [0.1, 0.15) is 11.8 Å². The molecule has 9 nitrogen and oxygen atoms in total. The number of carboxylic acid groups (broad SMARTS) is 2. The van der Waals surface area contributed by atoms with E-state index >= 15 is 0 Å². The summed E-state index contributed by atoms with van der Waals surface area (Å²) in [6.45, 7) is 0.710. The van der Waals surface area contributed by atoms with Crippen LogP contribution >= 0.6 is 0 Å². The van der Waals surface area contributed by atoms with E-state index in [9.17, 15) is 19.8 Å². The molecule has 0 unspecified atom stereocenters. The summed E-state index contributed by atoms with van der Waals surface area (Å²) in [6, 6.07) is 116. The highest BCUT2D eigenvalue weighted by atomic mass is 16.4. The van der Waals surface area contributed by atoms with E-state index in [2.05, 4.69) is 245 Å². The van der Waals surface area contributed by atoms with Gasteiger partial charge in [-0.3, -0.25) is 9.59 Å². The van der Waals surface area contributed by atoms with Crippen LogP contribution in [0.3, 0.4) is 0 Å². The average molecular weight is 1260 g/mol. The van der Waals surface area contributed by atoms with Gasteiger partial charge in [-0.25, -0.2) is 0 Å². The Labute approximate surface area is 566 Å². The number of benzene rings is 13. The molecule has 0 spiro atoms. The zero-order chi connectivity index (χ0) is 65.9. The maximum atomic E-state index is 11.9. The fourth-order valence-electron chi connectivity index (χ4n) is 15.2. The van der Waals surface area contributed by atoms with Crippen LogP contribution < -0.4 is 24.5 Å². The van der Waals surface area contributed by atoms with E-state index in [0.29, 0.717) is 6.54 Å². The molecule has 18 rings (SSSR count). The highest BCUT2D eigenvalue weighted by Gasteiger charge is 2.42. The molecule has 0 radical (unpaired) electrons. The predicted octanol–water partition coefficient (Wildman–Crippen LogP) is 21.1. The normalized spacial score (nSPS) is 13.8. The number of aliphatic carboxylic acids is 2. The molecule has 5 aliphatic rings. The Kier molecular flexibility index (Phi) is 16.8. The zero-order valence-corrected chi connectivity index (χ0v) is 53.9. The maximum absolute atomic E-state index is 11.9. The van der Waals surface area contributed by atoms with E-state index in [1.165, 1.54) is 84.4 Å². The van der Waals surface area contributed by atoms with Crippen molar-refractivity contribution in [2.75, 3.05) is 38.6 Å². The first-order chi connectivity index (χ1) is 47.7. The number of carbonyl (C=O) groups is 2. The molecule has 472 valence electrons. The van der Waals surface area contributed by atoms with E-state index < -0.39 is 23.8 Å². The smallest absolute Gasteiger partial charge is 0.315 e. The van der Waals surface area contributed by atoms with Crippen LogP contribution in [-0.2, 0) is 22.6 Å². The third-order valence-electron chi connectivity index (χ3n) is 19.5. The van der Waals surface area contributed by atoms with E-state index in [1.54, 1.807) is 0 Å². The summed E-state index contributed by atoms with van der Waals surface area (Å²) in [7, 11) is 4.10. The highest BCUT2D eigenvalue weighted by molar-refractivity contribution is 5.93. The second-order valence-electron chi connectivity index (χ2n) is 24.9. The highest BCUT2D eigenvalue weighted by Crippen LogP contribution is 2.60. The van der Waals surface area contributed by atoms with E-state index in [-0.39, 0.29) is 11.8 Å². The number of fused-ring (bicyclic) bond motifs is 10. The first kappa shape index (κ1) is 61.0. The molecule has 0 atom stereocenters. The van der Waals surface area contributed by atoms with Crippen LogP contribution in [0.25, 0.3) is 0 Å². The van der Waals surface area contributed by atoms with Crippen LogP contribution in [-0.4, -0.2) is 36.2 Å². The van der Waals surface area contributed by atoms with Crippen LogP contribution in [0.1, 0.15) is 84.9 Å². The van der Waals surface area contributed by atoms with Crippen LogP contribution in [0.5, 0.6) is 0 Å². The van der Waals surface area contributed by atoms with Gasteiger partial charge >= 0.3 is 11.9 Å².